The predicted molar refractivity (Wildman–Crippen MR) is 111 cm³/mol. The number of carboxylic acids is 1. The molecule has 1 aliphatic heterocycles. The summed E-state index contributed by atoms with van der Waals surface area (Å²) in [7, 11) is 0. The molecule has 2 N–H and O–H groups in total. The van der Waals surface area contributed by atoms with Crippen LogP contribution in [0.3, 0.4) is 0 Å². The van der Waals surface area contributed by atoms with Gasteiger partial charge in [-0.1, -0.05) is 35.9 Å². The molecule has 0 spiro atoms. The molecule has 0 aliphatic carbocycles. The smallest absolute Gasteiger partial charge is 0.336 e. The number of pyridine rings is 1. The lowest BCUT2D eigenvalue weighted by atomic mass is 9.88. The Bertz CT molecular complexity index is 1070. The van der Waals surface area contributed by atoms with Crippen LogP contribution in [-0.2, 0) is 12.8 Å². The summed E-state index contributed by atoms with van der Waals surface area (Å²) in [4.78, 5) is 15.5. The first-order valence-corrected chi connectivity index (χ1v) is 9.88. The number of aryl methyl sites for hydroxylation is 1. The van der Waals surface area contributed by atoms with Crippen molar-refractivity contribution in [1.29, 1.82) is 0 Å². The quantitative estimate of drug-likeness (QED) is 0.617. The Morgan fingerprint density at radius 3 is 2.79 bits per heavy atom. The number of aromatic carboxylic acids is 1. The van der Waals surface area contributed by atoms with E-state index in [0.29, 0.717) is 12.0 Å². The highest BCUT2D eigenvalue weighted by Crippen LogP contribution is 2.32. The summed E-state index contributed by atoms with van der Waals surface area (Å²) in [5.74, 6) is -1.36. The van der Waals surface area contributed by atoms with Crippen molar-refractivity contribution < 1.29 is 14.3 Å². The fraction of sp³-hybridized carbons (Fsp3) is 0.217. The molecule has 1 aromatic heterocycles. The van der Waals surface area contributed by atoms with Crippen LogP contribution < -0.4 is 5.32 Å². The molecule has 2 heterocycles. The highest BCUT2D eigenvalue weighted by Gasteiger charge is 2.21. The van der Waals surface area contributed by atoms with Gasteiger partial charge < -0.3 is 10.4 Å². The van der Waals surface area contributed by atoms with Crippen molar-refractivity contribution in [3.63, 3.8) is 0 Å². The van der Waals surface area contributed by atoms with E-state index in [1.165, 1.54) is 29.5 Å². The molecule has 4 nitrogen and oxygen atoms in total. The van der Waals surface area contributed by atoms with E-state index in [1.807, 2.05) is 12.1 Å². The third kappa shape index (κ3) is 4.16. The van der Waals surface area contributed by atoms with Crippen LogP contribution in [0.4, 0.5) is 4.39 Å². The van der Waals surface area contributed by atoms with E-state index in [0.717, 1.165) is 36.1 Å². The molecule has 0 saturated carbocycles. The molecular weight excluding hydrogens is 391 g/mol. The molecule has 2 aromatic carbocycles. The topological polar surface area (TPSA) is 62.2 Å². The van der Waals surface area contributed by atoms with Crippen LogP contribution in [-0.4, -0.2) is 22.6 Å². The second-order valence-corrected chi connectivity index (χ2v) is 7.58. The Morgan fingerprint density at radius 2 is 2.00 bits per heavy atom. The van der Waals surface area contributed by atoms with Gasteiger partial charge in [0.2, 0.25) is 0 Å². The Balaban J connectivity index is 1.56. The molecule has 148 valence electrons. The summed E-state index contributed by atoms with van der Waals surface area (Å²) in [6.45, 7) is 0.842. The molecule has 3 aromatic rings. The fourth-order valence-electron chi connectivity index (χ4n) is 3.90. The maximum atomic E-state index is 13.8. The summed E-state index contributed by atoms with van der Waals surface area (Å²) in [6.07, 6.45) is 5.42. The summed E-state index contributed by atoms with van der Waals surface area (Å²) in [5.41, 5.74) is 5.23. The van der Waals surface area contributed by atoms with Crippen molar-refractivity contribution in [3.8, 4) is 11.1 Å². The SMILES string of the molecule is O=C(O)c1ccncc1CC[C@H]1NCCc2cc(-c3ccc(Cl)c(F)c3)ccc21. The average molecular weight is 411 g/mol. The van der Waals surface area contributed by atoms with Crippen LogP contribution in [0.2, 0.25) is 5.02 Å². The van der Waals surface area contributed by atoms with Gasteiger partial charge in [-0.3, -0.25) is 4.98 Å². The van der Waals surface area contributed by atoms with Crippen molar-refractivity contribution in [3.05, 3.63) is 88.0 Å². The normalized spacial score (nSPS) is 15.7. The molecule has 0 radical (unpaired) electrons. The molecule has 0 bridgehead atoms. The molecule has 29 heavy (non-hydrogen) atoms. The van der Waals surface area contributed by atoms with Crippen molar-refractivity contribution in [1.82, 2.24) is 10.3 Å². The molecule has 4 rings (SSSR count). The minimum atomic E-state index is -0.931. The largest absolute Gasteiger partial charge is 0.478 e. The van der Waals surface area contributed by atoms with Gasteiger partial charge in [0.1, 0.15) is 5.82 Å². The van der Waals surface area contributed by atoms with Crippen molar-refractivity contribution in [2.75, 3.05) is 6.54 Å². The molecule has 0 amide bonds. The van der Waals surface area contributed by atoms with E-state index in [-0.39, 0.29) is 11.1 Å². The molecule has 1 aliphatic rings. The summed E-state index contributed by atoms with van der Waals surface area (Å²) in [5, 5.41) is 13.0. The van der Waals surface area contributed by atoms with Gasteiger partial charge in [-0.05, 0) is 71.8 Å². The zero-order valence-electron chi connectivity index (χ0n) is 15.7. The van der Waals surface area contributed by atoms with E-state index in [2.05, 4.69) is 22.4 Å². The first kappa shape index (κ1) is 19.6. The van der Waals surface area contributed by atoms with Crippen molar-refractivity contribution in [2.45, 2.75) is 25.3 Å². The Labute approximate surface area is 173 Å². The molecule has 0 fully saturated rings. The summed E-state index contributed by atoms with van der Waals surface area (Å²) in [6, 6.07) is 12.7. The van der Waals surface area contributed by atoms with Gasteiger partial charge >= 0.3 is 5.97 Å². The van der Waals surface area contributed by atoms with Crippen LogP contribution in [0, 0.1) is 5.82 Å². The summed E-state index contributed by atoms with van der Waals surface area (Å²) >= 11 is 5.79. The maximum Gasteiger partial charge on any atom is 0.336 e. The molecule has 6 heteroatoms. The van der Waals surface area contributed by atoms with E-state index in [4.69, 9.17) is 11.6 Å². The average Bonchev–Trinajstić information content (AvgIpc) is 2.74. The third-order valence-corrected chi connectivity index (χ3v) is 5.70. The number of benzene rings is 2. The number of hydrogen-bond acceptors (Lipinski definition) is 3. The van der Waals surface area contributed by atoms with E-state index >= 15 is 0 Å². The number of carbonyl (C=O) groups is 1. The van der Waals surface area contributed by atoms with Crippen LogP contribution >= 0.6 is 11.6 Å². The molecule has 1 atom stereocenters. The molecule has 0 unspecified atom stereocenters. The molecular formula is C23H20ClFN2O2. The van der Waals surface area contributed by atoms with Crippen LogP contribution in [0.25, 0.3) is 11.1 Å². The van der Waals surface area contributed by atoms with Gasteiger partial charge in [-0.25, -0.2) is 9.18 Å². The van der Waals surface area contributed by atoms with Gasteiger partial charge in [-0.2, -0.15) is 0 Å². The number of fused-ring (bicyclic) bond motifs is 1. The van der Waals surface area contributed by atoms with E-state index in [9.17, 15) is 14.3 Å². The highest BCUT2D eigenvalue weighted by molar-refractivity contribution is 6.30. The first-order valence-electron chi connectivity index (χ1n) is 9.51. The minimum absolute atomic E-state index is 0.118. The minimum Gasteiger partial charge on any atom is -0.478 e. The van der Waals surface area contributed by atoms with Gasteiger partial charge in [0.15, 0.2) is 0 Å². The van der Waals surface area contributed by atoms with Gasteiger partial charge in [0.25, 0.3) is 0 Å². The number of carboxylic acid groups (broad SMARTS) is 1. The lowest BCUT2D eigenvalue weighted by Gasteiger charge is -2.28. The monoisotopic (exact) mass is 410 g/mol. The lowest BCUT2D eigenvalue weighted by molar-refractivity contribution is 0.0695. The van der Waals surface area contributed by atoms with E-state index in [1.54, 1.807) is 12.3 Å². The second-order valence-electron chi connectivity index (χ2n) is 7.18. The zero-order chi connectivity index (χ0) is 20.4. The molecule has 0 saturated heterocycles. The van der Waals surface area contributed by atoms with Gasteiger partial charge in [0, 0.05) is 18.4 Å². The van der Waals surface area contributed by atoms with Gasteiger partial charge in [0.05, 0.1) is 10.6 Å². The van der Waals surface area contributed by atoms with Crippen LogP contribution in [0.1, 0.15) is 39.5 Å². The van der Waals surface area contributed by atoms with Crippen molar-refractivity contribution in [2.24, 2.45) is 0 Å². The second kappa shape index (κ2) is 8.31. The number of nitrogens with one attached hydrogen (secondary N) is 1. The standard InChI is InChI=1S/C23H20ClFN2O2/c24-20-5-2-15(12-21(20)25)14-1-4-18-16(11-14)7-10-27-22(18)6-3-17-13-26-9-8-19(17)23(28)29/h1-2,4-5,8-9,11-13,22,27H,3,6-7,10H2,(H,28,29)/t22-/m1/s1. The number of rotatable bonds is 5. The number of nitrogens with zero attached hydrogens (tertiary/aromatic N) is 1. The summed E-state index contributed by atoms with van der Waals surface area (Å²) < 4.78 is 13.8. The first-order chi connectivity index (χ1) is 14.0. The zero-order valence-corrected chi connectivity index (χ0v) is 16.4. The van der Waals surface area contributed by atoms with Crippen LogP contribution in [0.15, 0.2) is 54.9 Å². The lowest BCUT2D eigenvalue weighted by Crippen LogP contribution is -2.30. The Kier molecular flexibility index (Phi) is 5.60. The Morgan fingerprint density at radius 1 is 1.21 bits per heavy atom. The highest BCUT2D eigenvalue weighted by atomic mass is 35.5. The van der Waals surface area contributed by atoms with E-state index < -0.39 is 11.8 Å². The Hall–Kier alpha value is -2.76. The van der Waals surface area contributed by atoms with Crippen molar-refractivity contribution >= 4 is 17.6 Å². The predicted octanol–water partition coefficient (Wildman–Crippen LogP) is 5.06. The fourth-order valence-corrected chi connectivity index (χ4v) is 4.02. The number of halogens is 2. The number of hydrogen-bond donors (Lipinski definition) is 2. The van der Waals surface area contributed by atoms with Gasteiger partial charge in [-0.15, -0.1) is 0 Å². The third-order valence-electron chi connectivity index (χ3n) is 5.39. The maximum absolute atomic E-state index is 13.8. The number of aromatic nitrogens is 1. The van der Waals surface area contributed by atoms with Crippen LogP contribution in [0.5, 0.6) is 0 Å².